The van der Waals surface area contributed by atoms with Gasteiger partial charge in [0.05, 0.1) is 0 Å². The van der Waals surface area contributed by atoms with Gasteiger partial charge in [-0.05, 0) is 19.1 Å². The molecule has 1 unspecified atom stereocenters. The highest BCUT2D eigenvalue weighted by Gasteiger charge is 2.12. The molecule has 0 saturated heterocycles. The summed E-state index contributed by atoms with van der Waals surface area (Å²) in [5.41, 5.74) is 5.02. The van der Waals surface area contributed by atoms with Crippen molar-refractivity contribution in [3.05, 3.63) is 30.1 Å². The molecule has 0 radical (unpaired) electrons. The molecule has 0 heterocycles. The van der Waals surface area contributed by atoms with Crippen LogP contribution in [0.1, 0.15) is 13.3 Å². The Kier molecular flexibility index (Phi) is 5.64. The topological polar surface area (TPSA) is 72.2 Å². The van der Waals surface area contributed by atoms with E-state index in [4.69, 9.17) is 5.73 Å². The van der Waals surface area contributed by atoms with Crippen molar-refractivity contribution < 1.29 is 14.0 Å². The largest absolute Gasteiger partial charge is 0.368 e. The second-order valence-electron chi connectivity index (χ2n) is 3.72. The van der Waals surface area contributed by atoms with Gasteiger partial charge in [-0.2, -0.15) is 0 Å². The molecule has 1 atom stereocenters. The van der Waals surface area contributed by atoms with Crippen LogP contribution in [0.4, 0.5) is 4.39 Å². The highest BCUT2D eigenvalue weighted by Crippen LogP contribution is 2.21. The van der Waals surface area contributed by atoms with Crippen molar-refractivity contribution >= 4 is 23.6 Å². The predicted octanol–water partition coefficient (Wildman–Crippen LogP) is 1.30. The van der Waals surface area contributed by atoms with E-state index in [1.165, 1.54) is 24.8 Å². The fourth-order valence-corrected chi connectivity index (χ4v) is 2.09. The van der Waals surface area contributed by atoms with E-state index in [0.717, 1.165) is 0 Å². The second-order valence-corrected chi connectivity index (χ2v) is 4.86. The molecular weight excluding hydrogens is 255 g/mol. The zero-order valence-electron chi connectivity index (χ0n) is 9.98. The molecule has 0 aliphatic heterocycles. The summed E-state index contributed by atoms with van der Waals surface area (Å²) in [6.45, 7) is 1.52. The van der Waals surface area contributed by atoms with Crippen molar-refractivity contribution in [2.24, 2.45) is 5.73 Å². The lowest BCUT2D eigenvalue weighted by Crippen LogP contribution is -2.42. The van der Waals surface area contributed by atoms with Gasteiger partial charge < -0.3 is 11.1 Å². The summed E-state index contributed by atoms with van der Waals surface area (Å²) in [6, 6.07) is 5.69. The van der Waals surface area contributed by atoms with Gasteiger partial charge >= 0.3 is 0 Å². The first-order valence-electron chi connectivity index (χ1n) is 5.46. The Morgan fingerprint density at radius 2 is 2.11 bits per heavy atom. The maximum absolute atomic E-state index is 13.2. The van der Waals surface area contributed by atoms with Gasteiger partial charge in [0.25, 0.3) is 0 Å². The van der Waals surface area contributed by atoms with Crippen molar-refractivity contribution in [3.8, 4) is 0 Å². The lowest BCUT2D eigenvalue weighted by atomic mass is 10.3. The third-order valence-corrected chi connectivity index (χ3v) is 3.28. The number of hydrogen-bond acceptors (Lipinski definition) is 3. The fourth-order valence-electron chi connectivity index (χ4n) is 1.20. The van der Waals surface area contributed by atoms with Crippen molar-refractivity contribution in [2.45, 2.75) is 24.3 Å². The van der Waals surface area contributed by atoms with Crippen LogP contribution in [0.25, 0.3) is 0 Å². The first kappa shape index (κ1) is 14.5. The highest BCUT2D eigenvalue weighted by molar-refractivity contribution is 7.99. The summed E-state index contributed by atoms with van der Waals surface area (Å²) < 4.78 is 13.2. The van der Waals surface area contributed by atoms with Crippen LogP contribution in [-0.4, -0.2) is 23.6 Å². The highest BCUT2D eigenvalue weighted by atomic mass is 32.2. The Labute approximate surface area is 109 Å². The summed E-state index contributed by atoms with van der Waals surface area (Å²) in [7, 11) is 0. The molecule has 1 rings (SSSR count). The lowest BCUT2D eigenvalue weighted by Gasteiger charge is -2.09. The first-order chi connectivity index (χ1) is 8.50. The van der Waals surface area contributed by atoms with E-state index in [1.54, 1.807) is 18.2 Å². The number of carbonyl (C=O) groups is 2. The lowest BCUT2D eigenvalue weighted by molar-refractivity contribution is -0.126. The Morgan fingerprint density at radius 3 is 2.72 bits per heavy atom. The maximum Gasteiger partial charge on any atom is 0.239 e. The normalized spacial score (nSPS) is 11.9. The van der Waals surface area contributed by atoms with E-state index in [0.29, 0.717) is 10.6 Å². The van der Waals surface area contributed by atoms with E-state index >= 15 is 0 Å². The van der Waals surface area contributed by atoms with E-state index in [1.807, 2.05) is 0 Å². The van der Waals surface area contributed by atoms with E-state index in [2.05, 4.69) is 5.32 Å². The molecule has 1 aromatic rings. The number of rotatable bonds is 6. The standard InChI is InChI=1S/C12H15FN2O2S/c1-8(12(14)17)15-11(16)6-7-18-10-5-3-2-4-9(10)13/h2-5,8H,6-7H2,1H3,(H2,14,17)(H,15,16). The van der Waals surface area contributed by atoms with Crippen LogP contribution in [0, 0.1) is 5.82 Å². The minimum absolute atomic E-state index is 0.205. The molecule has 0 aliphatic rings. The molecule has 4 nitrogen and oxygen atoms in total. The van der Waals surface area contributed by atoms with E-state index in [9.17, 15) is 14.0 Å². The average Bonchev–Trinajstić information content (AvgIpc) is 2.31. The number of hydrogen-bond donors (Lipinski definition) is 2. The predicted molar refractivity (Wildman–Crippen MR) is 68.5 cm³/mol. The number of amides is 2. The molecule has 6 heteroatoms. The Bertz CT molecular complexity index is 440. The van der Waals surface area contributed by atoms with Crippen LogP contribution in [0.15, 0.2) is 29.2 Å². The van der Waals surface area contributed by atoms with Crippen LogP contribution < -0.4 is 11.1 Å². The zero-order chi connectivity index (χ0) is 13.5. The molecule has 0 aliphatic carbocycles. The first-order valence-corrected chi connectivity index (χ1v) is 6.45. The second kappa shape index (κ2) is 7.00. The Balaban J connectivity index is 2.32. The summed E-state index contributed by atoms with van der Waals surface area (Å²) in [5, 5.41) is 2.46. The molecule has 0 bridgehead atoms. The monoisotopic (exact) mass is 270 g/mol. The quantitative estimate of drug-likeness (QED) is 0.765. The number of nitrogens with two attached hydrogens (primary N) is 1. The van der Waals surface area contributed by atoms with Crippen LogP contribution in [0.2, 0.25) is 0 Å². The van der Waals surface area contributed by atoms with Crippen LogP contribution >= 0.6 is 11.8 Å². The molecular formula is C12H15FN2O2S. The van der Waals surface area contributed by atoms with Gasteiger partial charge in [-0.15, -0.1) is 11.8 Å². The van der Waals surface area contributed by atoms with Gasteiger partial charge in [0.2, 0.25) is 11.8 Å². The van der Waals surface area contributed by atoms with Gasteiger partial charge in [-0.1, -0.05) is 12.1 Å². The minimum atomic E-state index is -0.684. The molecule has 1 aromatic carbocycles. The van der Waals surface area contributed by atoms with Gasteiger partial charge in [0, 0.05) is 17.1 Å². The molecule has 98 valence electrons. The Hall–Kier alpha value is -1.56. The number of carbonyl (C=O) groups excluding carboxylic acids is 2. The van der Waals surface area contributed by atoms with Gasteiger partial charge in [-0.25, -0.2) is 4.39 Å². The molecule has 3 N–H and O–H groups in total. The van der Waals surface area contributed by atoms with Crippen molar-refractivity contribution in [1.82, 2.24) is 5.32 Å². The third kappa shape index (κ3) is 4.75. The molecule has 2 amide bonds. The van der Waals surface area contributed by atoms with Crippen LogP contribution in [0.3, 0.4) is 0 Å². The van der Waals surface area contributed by atoms with Crippen molar-refractivity contribution in [1.29, 1.82) is 0 Å². The van der Waals surface area contributed by atoms with E-state index in [-0.39, 0.29) is 18.1 Å². The fraction of sp³-hybridized carbons (Fsp3) is 0.333. The molecule has 18 heavy (non-hydrogen) atoms. The Morgan fingerprint density at radius 1 is 1.44 bits per heavy atom. The number of halogens is 1. The number of benzene rings is 1. The smallest absolute Gasteiger partial charge is 0.239 e. The molecule has 0 aromatic heterocycles. The minimum Gasteiger partial charge on any atom is -0.368 e. The van der Waals surface area contributed by atoms with Crippen molar-refractivity contribution in [3.63, 3.8) is 0 Å². The number of nitrogens with one attached hydrogen (secondary N) is 1. The summed E-state index contributed by atoms with van der Waals surface area (Å²) in [4.78, 5) is 22.6. The van der Waals surface area contributed by atoms with Crippen molar-refractivity contribution in [2.75, 3.05) is 5.75 Å². The number of thioether (sulfide) groups is 1. The number of primary amides is 1. The zero-order valence-corrected chi connectivity index (χ0v) is 10.8. The van der Waals surface area contributed by atoms with Gasteiger partial charge in [-0.3, -0.25) is 9.59 Å². The van der Waals surface area contributed by atoms with E-state index < -0.39 is 11.9 Å². The SMILES string of the molecule is CC(NC(=O)CCSc1ccccc1F)C(N)=O. The molecule has 0 fully saturated rings. The summed E-state index contributed by atoms with van der Waals surface area (Å²) in [5.74, 6) is -0.707. The van der Waals surface area contributed by atoms with Crippen LogP contribution in [-0.2, 0) is 9.59 Å². The van der Waals surface area contributed by atoms with Crippen LogP contribution in [0.5, 0.6) is 0 Å². The maximum atomic E-state index is 13.2. The average molecular weight is 270 g/mol. The van der Waals surface area contributed by atoms with Gasteiger partial charge in [0.15, 0.2) is 0 Å². The molecule has 0 spiro atoms. The third-order valence-electron chi connectivity index (χ3n) is 2.23. The molecule has 0 saturated carbocycles. The summed E-state index contributed by atoms with van der Waals surface area (Å²) in [6.07, 6.45) is 0.205. The summed E-state index contributed by atoms with van der Waals surface area (Å²) >= 11 is 1.26. The van der Waals surface area contributed by atoms with Gasteiger partial charge in [0.1, 0.15) is 11.9 Å².